The second-order valence-electron chi connectivity index (χ2n) is 3.92. The van der Waals surface area contributed by atoms with E-state index in [4.69, 9.17) is 4.74 Å². The summed E-state index contributed by atoms with van der Waals surface area (Å²) in [5.74, 6) is 0.00770. The van der Waals surface area contributed by atoms with Gasteiger partial charge >= 0.3 is 5.97 Å². The number of rotatable bonds is 2. The van der Waals surface area contributed by atoms with Crippen LogP contribution < -0.4 is 9.64 Å². The number of nitrogens with zero attached hydrogens (tertiary/aromatic N) is 1. The second-order valence-corrected chi connectivity index (χ2v) is 3.92. The van der Waals surface area contributed by atoms with Crippen LogP contribution in [0.25, 0.3) is 0 Å². The maximum absolute atomic E-state index is 11.2. The molecule has 1 unspecified atom stereocenters. The average molecular weight is 237 g/mol. The lowest BCUT2D eigenvalue weighted by Gasteiger charge is -2.28. The summed E-state index contributed by atoms with van der Waals surface area (Å²) in [7, 11) is 3.21. The van der Waals surface area contributed by atoms with Gasteiger partial charge in [-0.15, -0.1) is 0 Å². The van der Waals surface area contributed by atoms with Crippen LogP contribution in [0.15, 0.2) is 18.2 Å². The standard InChI is InChI=1S/C12H15NO4/c1-13-5-6-17-10-7-8(3-4-9(10)13)11(14)12(15)16-2/h3-4,7,11,14H,5-6H2,1-2H3. The molecule has 0 bridgehead atoms. The van der Waals surface area contributed by atoms with Crippen LogP contribution in [0.3, 0.4) is 0 Å². The zero-order chi connectivity index (χ0) is 12.4. The van der Waals surface area contributed by atoms with E-state index in [9.17, 15) is 9.90 Å². The normalized spacial score (nSPS) is 15.8. The molecule has 17 heavy (non-hydrogen) atoms. The number of aliphatic hydroxyl groups is 1. The Balaban J connectivity index is 2.30. The Morgan fingerprint density at radius 3 is 3.06 bits per heavy atom. The Hall–Kier alpha value is -1.75. The minimum atomic E-state index is -1.26. The van der Waals surface area contributed by atoms with Crippen molar-refractivity contribution < 1.29 is 19.4 Å². The van der Waals surface area contributed by atoms with Gasteiger partial charge in [-0.2, -0.15) is 0 Å². The monoisotopic (exact) mass is 237 g/mol. The van der Waals surface area contributed by atoms with Crippen molar-refractivity contribution in [1.82, 2.24) is 0 Å². The van der Waals surface area contributed by atoms with E-state index in [1.807, 2.05) is 13.1 Å². The van der Waals surface area contributed by atoms with Crippen LogP contribution in [-0.2, 0) is 9.53 Å². The molecule has 2 rings (SSSR count). The molecule has 1 aliphatic heterocycles. The summed E-state index contributed by atoms with van der Waals surface area (Å²) in [6.07, 6.45) is -1.26. The van der Waals surface area contributed by atoms with Crippen LogP contribution in [0.5, 0.6) is 5.75 Å². The second kappa shape index (κ2) is 4.63. The topological polar surface area (TPSA) is 59.0 Å². The zero-order valence-electron chi connectivity index (χ0n) is 9.84. The Morgan fingerprint density at radius 1 is 1.59 bits per heavy atom. The number of methoxy groups -OCH3 is 1. The minimum Gasteiger partial charge on any atom is -0.490 e. The number of carbonyl (C=O) groups excluding carboxylic acids is 1. The Kier molecular flexibility index (Phi) is 3.19. The summed E-state index contributed by atoms with van der Waals surface area (Å²) in [6, 6.07) is 5.20. The zero-order valence-corrected chi connectivity index (χ0v) is 9.84. The molecule has 0 radical (unpaired) electrons. The number of hydrogen-bond donors (Lipinski definition) is 1. The largest absolute Gasteiger partial charge is 0.490 e. The lowest BCUT2D eigenvalue weighted by molar-refractivity contribution is -0.150. The molecule has 92 valence electrons. The van der Waals surface area contributed by atoms with Crippen molar-refractivity contribution >= 4 is 11.7 Å². The molecule has 0 aliphatic carbocycles. The highest BCUT2D eigenvalue weighted by atomic mass is 16.5. The first-order valence-corrected chi connectivity index (χ1v) is 5.37. The Morgan fingerprint density at radius 2 is 2.35 bits per heavy atom. The molecule has 0 fully saturated rings. The van der Waals surface area contributed by atoms with Crippen molar-refractivity contribution in [3.63, 3.8) is 0 Å². The van der Waals surface area contributed by atoms with Gasteiger partial charge in [0.15, 0.2) is 6.10 Å². The van der Waals surface area contributed by atoms with Gasteiger partial charge in [-0.3, -0.25) is 0 Å². The molecular formula is C12H15NO4. The molecule has 1 heterocycles. The lowest BCUT2D eigenvalue weighted by Crippen LogP contribution is -2.29. The SMILES string of the molecule is COC(=O)C(O)c1ccc2c(c1)OCCN2C. The van der Waals surface area contributed by atoms with E-state index in [-0.39, 0.29) is 0 Å². The Bertz CT molecular complexity index is 433. The number of benzene rings is 1. The highest BCUT2D eigenvalue weighted by Crippen LogP contribution is 2.33. The molecule has 0 amide bonds. The van der Waals surface area contributed by atoms with Crippen molar-refractivity contribution in [2.24, 2.45) is 0 Å². The molecule has 5 heteroatoms. The highest BCUT2D eigenvalue weighted by Gasteiger charge is 2.21. The number of anilines is 1. The van der Waals surface area contributed by atoms with Crippen LogP contribution >= 0.6 is 0 Å². The van der Waals surface area contributed by atoms with Gasteiger partial charge in [0.25, 0.3) is 0 Å². The van der Waals surface area contributed by atoms with Crippen LogP contribution in [0.1, 0.15) is 11.7 Å². The van der Waals surface area contributed by atoms with Crippen LogP contribution in [0, 0.1) is 0 Å². The molecule has 0 aromatic heterocycles. The van der Waals surface area contributed by atoms with Gasteiger partial charge in [0.05, 0.1) is 19.3 Å². The summed E-state index contributed by atoms with van der Waals surface area (Å²) in [5.41, 5.74) is 1.43. The third-order valence-corrected chi connectivity index (χ3v) is 2.82. The van der Waals surface area contributed by atoms with Gasteiger partial charge < -0.3 is 19.5 Å². The van der Waals surface area contributed by atoms with Crippen molar-refractivity contribution in [2.45, 2.75) is 6.10 Å². The van der Waals surface area contributed by atoms with E-state index in [2.05, 4.69) is 9.64 Å². The van der Waals surface area contributed by atoms with Gasteiger partial charge in [-0.1, -0.05) is 6.07 Å². The molecule has 0 saturated heterocycles. The molecule has 1 atom stereocenters. The first-order valence-electron chi connectivity index (χ1n) is 5.37. The highest BCUT2D eigenvalue weighted by molar-refractivity contribution is 5.77. The van der Waals surface area contributed by atoms with Crippen LogP contribution in [0.2, 0.25) is 0 Å². The van der Waals surface area contributed by atoms with Crippen LogP contribution in [-0.4, -0.2) is 38.4 Å². The maximum Gasteiger partial charge on any atom is 0.339 e. The van der Waals surface area contributed by atoms with E-state index in [1.54, 1.807) is 12.1 Å². The summed E-state index contributed by atoms with van der Waals surface area (Å²) in [6.45, 7) is 1.42. The van der Waals surface area contributed by atoms with E-state index < -0.39 is 12.1 Å². The fourth-order valence-electron chi connectivity index (χ4n) is 1.79. The van der Waals surface area contributed by atoms with Gasteiger partial charge in [-0.25, -0.2) is 4.79 Å². The van der Waals surface area contributed by atoms with Gasteiger partial charge in [0.2, 0.25) is 0 Å². The van der Waals surface area contributed by atoms with Gasteiger partial charge in [-0.05, 0) is 17.7 Å². The summed E-state index contributed by atoms with van der Waals surface area (Å²) in [4.78, 5) is 13.3. The van der Waals surface area contributed by atoms with E-state index >= 15 is 0 Å². The number of likely N-dealkylation sites (N-methyl/N-ethyl adjacent to an activating group) is 1. The number of carbonyl (C=O) groups is 1. The molecule has 1 aliphatic rings. The molecule has 0 saturated carbocycles. The number of fused-ring (bicyclic) bond motifs is 1. The number of hydrogen-bond acceptors (Lipinski definition) is 5. The maximum atomic E-state index is 11.2. The number of ether oxygens (including phenoxy) is 2. The van der Waals surface area contributed by atoms with Crippen molar-refractivity contribution in [1.29, 1.82) is 0 Å². The molecule has 0 spiro atoms. The molecule has 1 N–H and O–H groups in total. The number of esters is 1. The quantitative estimate of drug-likeness (QED) is 0.768. The van der Waals surface area contributed by atoms with Gasteiger partial charge in [0, 0.05) is 7.05 Å². The average Bonchev–Trinajstić information content (AvgIpc) is 2.37. The predicted octanol–water partition coefficient (Wildman–Crippen LogP) is 0.722. The third-order valence-electron chi connectivity index (χ3n) is 2.82. The van der Waals surface area contributed by atoms with E-state index in [0.29, 0.717) is 17.9 Å². The summed E-state index contributed by atoms with van der Waals surface area (Å²) >= 11 is 0. The third kappa shape index (κ3) is 2.19. The van der Waals surface area contributed by atoms with Crippen molar-refractivity contribution in [3.05, 3.63) is 23.8 Å². The van der Waals surface area contributed by atoms with E-state index in [1.165, 1.54) is 7.11 Å². The molecule has 5 nitrogen and oxygen atoms in total. The molecule has 1 aromatic carbocycles. The number of aliphatic hydroxyl groups excluding tert-OH is 1. The van der Waals surface area contributed by atoms with Gasteiger partial charge in [0.1, 0.15) is 12.4 Å². The molecule has 1 aromatic rings. The smallest absolute Gasteiger partial charge is 0.339 e. The van der Waals surface area contributed by atoms with E-state index in [0.717, 1.165) is 12.2 Å². The summed E-state index contributed by atoms with van der Waals surface area (Å²) in [5, 5.41) is 9.71. The minimum absolute atomic E-state index is 0.478. The first kappa shape index (κ1) is 11.7. The molecular weight excluding hydrogens is 222 g/mol. The van der Waals surface area contributed by atoms with Crippen molar-refractivity contribution in [3.8, 4) is 5.75 Å². The lowest BCUT2D eigenvalue weighted by atomic mass is 10.1. The fourth-order valence-corrected chi connectivity index (χ4v) is 1.79. The van der Waals surface area contributed by atoms with Crippen LogP contribution in [0.4, 0.5) is 5.69 Å². The van der Waals surface area contributed by atoms with Crippen molar-refractivity contribution in [2.75, 3.05) is 32.2 Å². The Labute approximate surface area is 99.6 Å². The first-order chi connectivity index (χ1) is 8.13. The predicted molar refractivity (Wildman–Crippen MR) is 62.2 cm³/mol. The summed E-state index contributed by atoms with van der Waals surface area (Å²) < 4.78 is 9.98. The fraction of sp³-hybridized carbons (Fsp3) is 0.417.